The number of aromatic nitrogens is 4. The highest BCUT2D eigenvalue weighted by molar-refractivity contribution is 5.81. The van der Waals surface area contributed by atoms with Crippen LogP contribution in [-0.2, 0) is 13.6 Å². The molecule has 0 saturated heterocycles. The number of aromatic amines is 1. The molecule has 3 N–H and O–H groups in total. The Morgan fingerprint density at radius 1 is 1.37 bits per heavy atom. The number of H-pyrrole nitrogens is 1. The van der Waals surface area contributed by atoms with Gasteiger partial charge in [-0.05, 0) is 30.0 Å². The molecule has 0 atom stereocenters. The molecule has 0 aliphatic carbocycles. The van der Waals surface area contributed by atoms with E-state index in [1.54, 1.807) is 35.9 Å². The summed E-state index contributed by atoms with van der Waals surface area (Å²) in [6.07, 6.45) is 2.37. The van der Waals surface area contributed by atoms with Crippen LogP contribution in [0.2, 0.25) is 0 Å². The molecule has 0 aliphatic rings. The van der Waals surface area contributed by atoms with Crippen molar-refractivity contribution in [1.82, 2.24) is 19.1 Å². The van der Waals surface area contributed by atoms with Crippen LogP contribution in [0.4, 0.5) is 5.95 Å². The van der Waals surface area contributed by atoms with E-state index in [0.717, 1.165) is 6.42 Å². The average molecular weight is 370 g/mol. The zero-order chi connectivity index (χ0) is 19.6. The minimum atomic E-state index is -0.518. The minimum Gasteiger partial charge on any atom is -0.508 e. The molecule has 3 rings (SSSR count). The first-order valence-corrected chi connectivity index (χ1v) is 8.64. The fourth-order valence-electron chi connectivity index (χ4n) is 2.69. The van der Waals surface area contributed by atoms with Crippen molar-refractivity contribution in [2.24, 2.45) is 18.1 Å². The quantitative estimate of drug-likeness (QED) is 0.450. The van der Waals surface area contributed by atoms with Gasteiger partial charge < -0.3 is 9.67 Å². The number of hydrogen-bond acceptors (Lipinski definition) is 6. The molecule has 0 fully saturated rings. The smallest absolute Gasteiger partial charge is 0.329 e. The van der Waals surface area contributed by atoms with Crippen molar-refractivity contribution in [2.45, 2.75) is 26.8 Å². The molecule has 0 spiro atoms. The molecule has 0 saturated carbocycles. The molecule has 0 unspecified atom stereocenters. The lowest BCUT2D eigenvalue weighted by Gasteiger charge is -2.09. The van der Waals surface area contributed by atoms with Gasteiger partial charge in [0.2, 0.25) is 5.95 Å². The predicted octanol–water partition coefficient (Wildman–Crippen LogP) is 1.62. The van der Waals surface area contributed by atoms with E-state index in [4.69, 9.17) is 0 Å². The van der Waals surface area contributed by atoms with Gasteiger partial charge in [0.25, 0.3) is 5.56 Å². The van der Waals surface area contributed by atoms with E-state index in [9.17, 15) is 14.7 Å². The van der Waals surface area contributed by atoms with E-state index < -0.39 is 11.2 Å². The van der Waals surface area contributed by atoms with Gasteiger partial charge in [0.1, 0.15) is 5.75 Å². The number of hydrazone groups is 1. The Bertz CT molecular complexity index is 1110. The monoisotopic (exact) mass is 370 g/mol. The molecule has 1 aromatic carbocycles. The Labute approximate surface area is 155 Å². The summed E-state index contributed by atoms with van der Waals surface area (Å²) in [4.78, 5) is 30.9. The number of benzene rings is 1. The van der Waals surface area contributed by atoms with E-state index in [2.05, 4.69) is 34.3 Å². The lowest BCUT2D eigenvalue weighted by atomic mass is 10.1. The standard InChI is InChI=1S/C18H22N6O3/c1-11(2)7-8-24-14-15(23(3)18(27)21-16(14)26)20-17(24)22-19-10-12-5-4-6-13(25)9-12/h4-6,9-11,25H,7-8H2,1-3H3,(H,20,22)(H,21,26,27)/b19-10-. The molecule has 27 heavy (non-hydrogen) atoms. The highest BCUT2D eigenvalue weighted by Crippen LogP contribution is 2.17. The van der Waals surface area contributed by atoms with Crippen molar-refractivity contribution in [3.05, 3.63) is 50.7 Å². The molecular formula is C18H22N6O3. The number of rotatable bonds is 6. The molecule has 0 bridgehead atoms. The van der Waals surface area contributed by atoms with E-state index in [1.807, 2.05) is 0 Å². The van der Waals surface area contributed by atoms with Gasteiger partial charge in [-0.2, -0.15) is 10.1 Å². The second-order valence-corrected chi connectivity index (χ2v) is 6.73. The van der Waals surface area contributed by atoms with Gasteiger partial charge in [0.05, 0.1) is 6.21 Å². The maximum Gasteiger partial charge on any atom is 0.329 e. The number of fused-ring (bicyclic) bond motifs is 1. The number of imidazole rings is 1. The first-order chi connectivity index (χ1) is 12.9. The molecular weight excluding hydrogens is 348 g/mol. The Hall–Kier alpha value is -3.36. The maximum atomic E-state index is 12.3. The lowest BCUT2D eigenvalue weighted by molar-refractivity contribution is 0.475. The second-order valence-electron chi connectivity index (χ2n) is 6.73. The van der Waals surface area contributed by atoms with Crippen LogP contribution in [0.3, 0.4) is 0 Å². The van der Waals surface area contributed by atoms with Crippen LogP contribution < -0.4 is 16.7 Å². The summed E-state index contributed by atoms with van der Waals surface area (Å²) >= 11 is 0. The summed E-state index contributed by atoms with van der Waals surface area (Å²) in [5, 5.41) is 13.7. The van der Waals surface area contributed by atoms with Crippen molar-refractivity contribution in [2.75, 3.05) is 5.43 Å². The molecule has 0 aliphatic heterocycles. The van der Waals surface area contributed by atoms with Crippen LogP contribution in [-0.4, -0.2) is 30.4 Å². The zero-order valence-corrected chi connectivity index (χ0v) is 15.4. The first-order valence-electron chi connectivity index (χ1n) is 8.64. The molecule has 9 heteroatoms. The van der Waals surface area contributed by atoms with Crippen molar-refractivity contribution < 1.29 is 5.11 Å². The number of aryl methyl sites for hydroxylation is 2. The molecule has 0 amide bonds. The number of hydrogen-bond donors (Lipinski definition) is 3. The third-order valence-corrected chi connectivity index (χ3v) is 4.19. The van der Waals surface area contributed by atoms with Gasteiger partial charge in [-0.15, -0.1) is 0 Å². The summed E-state index contributed by atoms with van der Waals surface area (Å²) in [5.74, 6) is 0.941. The average Bonchev–Trinajstić information content (AvgIpc) is 2.97. The van der Waals surface area contributed by atoms with Crippen molar-refractivity contribution >= 4 is 23.3 Å². The number of nitrogens with zero attached hydrogens (tertiary/aromatic N) is 4. The van der Waals surface area contributed by atoms with Gasteiger partial charge in [-0.1, -0.05) is 26.0 Å². The van der Waals surface area contributed by atoms with Crippen molar-refractivity contribution in [3.8, 4) is 5.75 Å². The molecule has 3 aromatic rings. The third kappa shape index (κ3) is 3.91. The van der Waals surface area contributed by atoms with Gasteiger partial charge in [-0.25, -0.2) is 10.2 Å². The largest absolute Gasteiger partial charge is 0.508 e. The molecule has 2 aromatic heterocycles. The minimum absolute atomic E-state index is 0.143. The van der Waals surface area contributed by atoms with E-state index >= 15 is 0 Å². The summed E-state index contributed by atoms with van der Waals surface area (Å²) in [6, 6.07) is 6.65. The summed E-state index contributed by atoms with van der Waals surface area (Å²) < 4.78 is 3.03. The normalized spacial score (nSPS) is 11.7. The highest BCUT2D eigenvalue weighted by atomic mass is 16.3. The van der Waals surface area contributed by atoms with Crippen LogP contribution in [0.5, 0.6) is 5.75 Å². The van der Waals surface area contributed by atoms with Crippen molar-refractivity contribution in [3.63, 3.8) is 0 Å². The number of nitrogens with one attached hydrogen (secondary N) is 2. The second kappa shape index (κ2) is 7.48. The number of aromatic hydroxyl groups is 1. The van der Waals surface area contributed by atoms with Gasteiger partial charge in [-0.3, -0.25) is 14.3 Å². The molecule has 9 nitrogen and oxygen atoms in total. The van der Waals surface area contributed by atoms with Crippen LogP contribution in [0, 0.1) is 5.92 Å². The molecule has 2 heterocycles. The fraction of sp³-hybridized carbons (Fsp3) is 0.333. The number of phenols is 1. The molecule has 142 valence electrons. The zero-order valence-electron chi connectivity index (χ0n) is 15.4. The third-order valence-electron chi connectivity index (χ3n) is 4.19. The van der Waals surface area contributed by atoms with E-state index in [1.165, 1.54) is 10.8 Å². The van der Waals surface area contributed by atoms with Crippen molar-refractivity contribution in [1.29, 1.82) is 0 Å². The summed E-state index contributed by atoms with van der Waals surface area (Å²) in [6.45, 7) is 4.73. The Morgan fingerprint density at radius 2 is 2.15 bits per heavy atom. The van der Waals surface area contributed by atoms with Gasteiger partial charge in [0.15, 0.2) is 11.2 Å². The van der Waals surface area contributed by atoms with Crippen LogP contribution in [0.15, 0.2) is 39.0 Å². The SMILES string of the molecule is CC(C)CCn1c(N/N=C\c2cccc(O)c2)nc2c1c(=O)[nH]c(=O)n2C. The van der Waals surface area contributed by atoms with Gasteiger partial charge >= 0.3 is 5.69 Å². The van der Waals surface area contributed by atoms with Crippen LogP contribution in [0.25, 0.3) is 11.2 Å². The van der Waals surface area contributed by atoms with Gasteiger partial charge in [0, 0.05) is 13.6 Å². The highest BCUT2D eigenvalue weighted by Gasteiger charge is 2.17. The number of anilines is 1. The first kappa shape index (κ1) is 18.4. The Morgan fingerprint density at radius 3 is 2.85 bits per heavy atom. The molecule has 0 radical (unpaired) electrons. The predicted molar refractivity (Wildman–Crippen MR) is 104 cm³/mol. The lowest BCUT2D eigenvalue weighted by Crippen LogP contribution is -2.29. The maximum absolute atomic E-state index is 12.3. The van der Waals surface area contributed by atoms with Crippen LogP contribution >= 0.6 is 0 Å². The fourth-order valence-corrected chi connectivity index (χ4v) is 2.69. The number of phenolic OH excluding ortho intramolecular Hbond substituents is 1. The van der Waals surface area contributed by atoms with Crippen LogP contribution in [0.1, 0.15) is 25.8 Å². The van der Waals surface area contributed by atoms with E-state index in [0.29, 0.717) is 35.1 Å². The van der Waals surface area contributed by atoms with E-state index in [-0.39, 0.29) is 5.75 Å². The summed E-state index contributed by atoms with van der Waals surface area (Å²) in [7, 11) is 1.56. The topological polar surface area (TPSA) is 117 Å². The summed E-state index contributed by atoms with van der Waals surface area (Å²) in [5.41, 5.74) is 3.17. The Kier molecular flexibility index (Phi) is 5.11. The Balaban J connectivity index is 2.01.